The SMILES string of the molecule is CN(Cc1ccc2nsnc2c1)C(=O)c1nnc2n1CCCCC2. The molecule has 0 N–H and O–H groups in total. The molecule has 8 heteroatoms. The van der Waals surface area contributed by atoms with Crippen molar-refractivity contribution in [2.24, 2.45) is 0 Å². The molecule has 1 aliphatic rings. The van der Waals surface area contributed by atoms with Crippen LogP contribution in [0.2, 0.25) is 0 Å². The summed E-state index contributed by atoms with van der Waals surface area (Å²) in [4.78, 5) is 14.5. The summed E-state index contributed by atoms with van der Waals surface area (Å²) in [6.45, 7) is 1.34. The van der Waals surface area contributed by atoms with Crippen molar-refractivity contribution in [2.75, 3.05) is 7.05 Å². The highest BCUT2D eigenvalue weighted by Gasteiger charge is 2.23. The molecule has 0 atom stereocenters. The summed E-state index contributed by atoms with van der Waals surface area (Å²) in [6, 6.07) is 5.90. The summed E-state index contributed by atoms with van der Waals surface area (Å²) >= 11 is 1.20. The Hall–Kier alpha value is -2.35. The number of benzene rings is 1. The monoisotopic (exact) mass is 342 g/mol. The molecule has 0 saturated heterocycles. The lowest BCUT2D eigenvalue weighted by Gasteiger charge is -2.17. The number of rotatable bonds is 3. The standard InChI is InChI=1S/C16H18N6OS/c1-21(10-11-6-7-12-13(9-11)20-24-19-12)16(23)15-18-17-14-5-3-2-4-8-22(14)15/h6-7,9H,2-5,8,10H2,1H3. The van der Waals surface area contributed by atoms with Gasteiger partial charge in [-0.25, -0.2) is 0 Å². The molecule has 1 aromatic carbocycles. The number of carbonyl (C=O) groups excluding carboxylic acids is 1. The predicted molar refractivity (Wildman–Crippen MR) is 90.8 cm³/mol. The fourth-order valence-corrected chi connectivity index (χ4v) is 3.60. The maximum absolute atomic E-state index is 12.8. The Balaban J connectivity index is 1.54. The van der Waals surface area contributed by atoms with Crippen molar-refractivity contribution >= 4 is 28.7 Å². The second-order valence-corrected chi connectivity index (χ2v) is 6.68. The Bertz CT molecular complexity index is 886. The summed E-state index contributed by atoms with van der Waals surface area (Å²) in [5.74, 6) is 1.29. The average Bonchev–Trinajstić information content (AvgIpc) is 3.14. The highest BCUT2D eigenvalue weighted by Crippen LogP contribution is 2.18. The van der Waals surface area contributed by atoms with Crippen LogP contribution in [-0.4, -0.2) is 41.4 Å². The lowest BCUT2D eigenvalue weighted by Crippen LogP contribution is -2.29. The van der Waals surface area contributed by atoms with Crippen molar-refractivity contribution in [3.05, 3.63) is 35.4 Å². The highest BCUT2D eigenvalue weighted by atomic mass is 32.1. The molecule has 7 nitrogen and oxygen atoms in total. The van der Waals surface area contributed by atoms with Gasteiger partial charge in [0.05, 0.1) is 11.7 Å². The molecule has 0 spiro atoms. The molecule has 4 rings (SSSR count). The number of aromatic nitrogens is 5. The summed E-state index contributed by atoms with van der Waals surface area (Å²) in [5.41, 5.74) is 2.79. The van der Waals surface area contributed by atoms with Crippen LogP contribution in [0.4, 0.5) is 0 Å². The van der Waals surface area contributed by atoms with Crippen LogP contribution >= 0.6 is 11.7 Å². The van der Waals surface area contributed by atoms with E-state index in [9.17, 15) is 4.79 Å². The summed E-state index contributed by atoms with van der Waals surface area (Å²) in [7, 11) is 1.80. The van der Waals surface area contributed by atoms with E-state index in [0.29, 0.717) is 12.4 Å². The van der Waals surface area contributed by atoms with Crippen molar-refractivity contribution in [1.82, 2.24) is 28.4 Å². The van der Waals surface area contributed by atoms with Crippen molar-refractivity contribution in [2.45, 2.75) is 38.8 Å². The second-order valence-electron chi connectivity index (χ2n) is 6.15. The zero-order chi connectivity index (χ0) is 16.5. The Morgan fingerprint density at radius 3 is 3.00 bits per heavy atom. The third kappa shape index (κ3) is 2.77. The summed E-state index contributed by atoms with van der Waals surface area (Å²) < 4.78 is 10.4. The van der Waals surface area contributed by atoms with E-state index < -0.39 is 0 Å². The van der Waals surface area contributed by atoms with Gasteiger partial charge in [0.2, 0.25) is 5.82 Å². The molecule has 3 heterocycles. The highest BCUT2D eigenvalue weighted by molar-refractivity contribution is 7.00. The van der Waals surface area contributed by atoms with E-state index in [1.807, 2.05) is 22.8 Å². The van der Waals surface area contributed by atoms with Gasteiger partial charge in [-0.1, -0.05) is 12.5 Å². The van der Waals surface area contributed by atoms with Crippen molar-refractivity contribution in [3.8, 4) is 0 Å². The van der Waals surface area contributed by atoms with Crippen LogP contribution in [0.1, 0.15) is 41.3 Å². The van der Waals surface area contributed by atoms with E-state index in [1.165, 1.54) is 18.1 Å². The number of aryl methyl sites for hydroxylation is 1. The van der Waals surface area contributed by atoms with Gasteiger partial charge < -0.3 is 9.47 Å². The number of fused-ring (bicyclic) bond motifs is 2. The molecular formula is C16H18N6OS. The Labute approximate surface area is 143 Å². The van der Waals surface area contributed by atoms with E-state index in [-0.39, 0.29) is 5.91 Å². The van der Waals surface area contributed by atoms with E-state index in [2.05, 4.69) is 18.9 Å². The van der Waals surface area contributed by atoms with Gasteiger partial charge in [-0.2, -0.15) is 8.75 Å². The first-order chi connectivity index (χ1) is 11.7. The Morgan fingerprint density at radius 1 is 1.21 bits per heavy atom. The molecule has 0 saturated carbocycles. The maximum Gasteiger partial charge on any atom is 0.291 e. The van der Waals surface area contributed by atoms with Crippen LogP contribution in [0.15, 0.2) is 18.2 Å². The van der Waals surface area contributed by atoms with Gasteiger partial charge >= 0.3 is 0 Å². The molecule has 24 heavy (non-hydrogen) atoms. The molecule has 1 aliphatic heterocycles. The second kappa shape index (κ2) is 6.27. The minimum Gasteiger partial charge on any atom is -0.335 e. The molecule has 0 unspecified atom stereocenters. The number of amides is 1. The first kappa shape index (κ1) is 15.2. The normalized spacial score (nSPS) is 14.4. The maximum atomic E-state index is 12.8. The quantitative estimate of drug-likeness (QED) is 0.730. The fraction of sp³-hybridized carbons (Fsp3) is 0.438. The van der Waals surface area contributed by atoms with Crippen LogP contribution in [0.5, 0.6) is 0 Å². The van der Waals surface area contributed by atoms with E-state index in [1.54, 1.807) is 11.9 Å². The van der Waals surface area contributed by atoms with E-state index >= 15 is 0 Å². The molecule has 0 bridgehead atoms. The van der Waals surface area contributed by atoms with Gasteiger partial charge in [0, 0.05) is 26.6 Å². The molecule has 3 aromatic rings. The van der Waals surface area contributed by atoms with Gasteiger partial charge in [0.25, 0.3) is 5.91 Å². The minimum atomic E-state index is -0.0906. The molecule has 124 valence electrons. The van der Waals surface area contributed by atoms with Gasteiger partial charge in [-0.15, -0.1) is 10.2 Å². The lowest BCUT2D eigenvalue weighted by atomic mass is 10.2. The fourth-order valence-electron chi connectivity index (χ4n) is 3.09. The number of hydrogen-bond acceptors (Lipinski definition) is 6. The zero-order valence-electron chi connectivity index (χ0n) is 13.5. The van der Waals surface area contributed by atoms with Gasteiger partial charge in [0.15, 0.2) is 0 Å². The molecule has 1 amide bonds. The number of hydrogen-bond donors (Lipinski definition) is 0. The van der Waals surface area contributed by atoms with Gasteiger partial charge in [0.1, 0.15) is 16.9 Å². The van der Waals surface area contributed by atoms with Crippen LogP contribution < -0.4 is 0 Å². The van der Waals surface area contributed by atoms with Crippen molar-refractivity contribution in [3.63, 3.8) is 0 Å². The summed E-state index contributed by atoms with van der Waals surface area (Å²) in [6.07, 6.45) is 4.26. The average molecular weight is 342 g/mol. The van der Waals surface area contributed by atoms with Gasteiger partial charge in [-0.3, -0.25) is 4.79 Å². The van der Waals surface area contributed by atoms with Gasteiger partial charge in [-0.05, 0) is 30.5 Å². The predicted octanol–water partition coefficient (Wildman–Crippen LogP) is 2.28. The number of carbonyl (C=O) groups is 1. The molecular weight excluding hydrogens is 324 g/mol. The largest absolute Gasteiger partial charge is 0.335 e. The molecule has 0 aliphatic carbocycles. The van der Waals surface area contributed by atoms with E-state index in [4.69, 9.17) is 0 Å². The molecule has 0 fully saturated rings. The van der Waals surface area contributed by atoms with Crippen LogP contribution in [0, 0.1) is 0 Å². The summed E-state index contributed by atoms with van der Waals surface area (Å²) in [5, 5.41) is 8.35. The topological polar surface area (TPSA) is 76.8 Å². The third-order valence-corrected chi connectivity index (χ3v) is 4.94. The first-order valence-corrected chi connectivity index (χ1v) is 8.84. The van der Waals surface area contributed by atoms with E-state index in [0.717, 1.165) is 48.2 Å². The minimum absolute atomic E-state index is 0.0906. The zero-order valence-corrected chi connectivity index (χ0v) is 14.3. The van der Waals surface area contributed by atoms with Crippen LogP contribution in [0.25, 0.3) is 11.0 Å². The van der Waals surface area contributed by atoms with Crippen molar-refractivity contribution < 1.29 is 4.79 Å². The third-order valence-electron chi connectivity index (χ3n) is 4.39. The van der Waals surface area contributed by atoms with Crippen molar-refractivity contribution in [1.29, 1.82) is 0 Å². The molecule has 2 aromatic heterocycles. The Kier molecular flexibility index (Phi) is 3.97. The molecule has 0 radical (unpaired) electrons. The lowest BCUT2D eigenvalue weighted by molar-refractivity contribution is 0.0767. The van der Waals surface area contributed by atoms with Crippen LogP contribution in [0.3, 0.4) is 0 Å². The van der Waals surface area contributed by atoms with Crippen LogP contribution in [-0.2, 0) is 19.5 Å². The smallest absolute Gasteiger partial charge is 0.291 e. The first-order valence-electron chi connectivity index (χ1n) is 8.11. The Morgan fingerprint density at radius 2 is 2.08 bits per heavy atom. The number of nitrogens with zero attached hydrogens (tertiary/aromatic N) is 6.